The van der Waals surface area contributed by atoms with Crippen molar-refractivity contribution in [3.05, 3.63) is 22.7 Å². The zero-order valence-electron chi connectivity index (χ0n) is 5.98. The molecule has 0 saturated heterocycles. The highest BCUT2D eigenvalue weighted by Gasteiger charge is 2.33. The molecule has 0 unspecified atom stereocenters. The Morgan fingerprint density at radius 1 is 1.42 bits per heavy atom. The van der Waals surface area contributed by atoms with Gasteiger partial charge in [-0.05, 0) is 6.92 Å². The third-order valence-electron chi connectivity index (χ3n) is 1.19. The first kappa shape index (κ1) is 9.25. The van der Waals surface area contributed by atoms with Gasteiger partial charge in [-0.15, -0.1) is 0 Å². The second-order valence-electron chi connectivity index (χ2n) is 2.13. The van der Waals surface area contributed by atoms with Crippen LogP contribution < -0.4 is 0 Å². The number of hydrogen-bond donors (Lipinski definition) is 0. The molecule has 1 heterocycles. The fourth-order valence-corrected chi connectivity index (χ4v) is 0.703. The first-order valence-corrected chi connectivity index (χ1v) is 3.35. The molecular weight excluding hydrogens is 193 g/mol. The largest absolute Gasteiger partial charge is 0.434 e. The van der Waals surface area contributed by atoms with Crippen LogP contribution in [0, 0.1) is 6.92 Å². The fraction of sp³-hybridized carbons (Fsp3) is 0.333. The standard InChI is InChI=1S/C6H4ClF3N2/c1-3-5(7)12-4(2-11-3)6(8,9)10/h2H,1H3. The number of hydrogen-bond acceptors (Lipinski definition) is 2. The zero-order valence-corrected chi connectivity index (χ0v) is 6.74. The van der Waals surface area contributed by atoms with Crippen molar-refractivity contribution in [2.45, 2.75) is 13.1 Å². The number of alkyl halides is 3. The second kappa shape index (κ2) is 2.90. The Morgan fingerprint density at radius 2 is 2.00 bits per heavy atom. The number of aromatic nitrogens is 2. The van der Waals surface area contributed by atoms with Crippen molar-refractivity contribution >= 4 is 11.6 Å². The van der Waals surface area contributed by atoms with E-state index in [2.05, 4.69) is 9.97 Å². The minimum atomic E-state index is -4.48. The lowest BCUT2D eigenvalue weighted by Gasteiger charge is -2.05. The Hall–Kier alpha value is -0.840. The molecule has 2 nitrogen and oxygen atoms in total. The predicted octanol–water partition coefficient (Wildman–Crippen LogP) is 2.46. The van der Waals surface area contributed by atoms with E-state index in [-0.39, 0.29) is 10.8 Å². The quantitative estimate of drug-likeness (QED) is 0.637. The molecule has 1 rings (SSSR count). The van der Waals surface area contributed by atoms with Gasteiger partial charge in [0.1, 0.15) is 0 Å². The van der Waals surface area contributed by atoms with Crippen LogP contribution >= 0.6 is 11.6 Å². The van der Waals surface area contributed by atoms with E-state index < -0.39 is 11.9 Å². The van der Waals surface area contributed by atoms with Crippen LogP contribution in [0.3, 0.4) is 0 Å². The van der Waals surface area contributed by atoms with Crippen molar-refractivity contribution in [2.75, 3.05) is 0 Å². The van der Waals surface area contributed by atoms with Crippen LogP contribution in [0.15, 0.2) is 6.20 Å². The summed E-state index contributed by atoms with van der Waals surface area (Å²) in [5.74, 6) is 0. The molecule has 1 aromatic heterocycles. The highest BCUT2D eigenvalue weighted by Crippen LogP contribution is 2.28. The van der Waals surface area contributed by atoms with E-state index in [1.54, 1.807) is 0 Å². The maximum atomic E-state index is 11.9. The van der Waals surface area contributed by atoms with Crippen LogP contribution in [-0.2, 0) is 6.18 Å². The average molecular weight is 197 g/mol. The minimum Gasteiger partial charge on any atom is -0.256 e. The molecule has 0 radical (unpaired) electrons. The van der Waals surface area contributed by atoms with Crippen molar-refractivity contribution in [2.24, 2.45) is 0 Å². The van der Waals surface area contributed by atoms with E-state index in [1.165, 1.54) is 6.92 Å². The van der Waals surface area contributed by atoms with Crippen molar-refractivity contribution in [3.63, 3.8) is 0 Å². The van der Waals surface area contributed by atoms with E-state index in [1.807, 2.05) is 0 Å². The third-order valence-corrected chi connectivity index (χ3v) is 1.55. The van der Waals surface area contributed by atoms with Crippen LogP contribution in [0.4, 0.5) is 13.2 Å². The summed E-state index contributed by atoms with van der Waals surface area (Å²) in [6, 6.07) is 0. The molecule has 0 atom stereocenters. The SMILES string of the molecule is Cc1ncc(C(F)(F)F)nc1Cl. The van der Waals surface area contributed by atoms with Gasteiger partial charge in [-0.1, -0.05) is 11.6 Å². The first-order valence-electron chi connectivity index (χ1n) is 2.97. The number of aryl methyl sites for hydroxylation is 1. The van der Waals surface area contributed by atoms with Gasteiger partial charge in [0.25, 0.3) is 0 Å². The number of nitrogens with zero attached hydrogens (tertiary/aromatic N) is 2. The summed E-state index contributed by atoms with van der Waals surface area (Å²) in [5, 5.41) is -0.218. The van der Waals surface area contributed by atoms with E-state index in [0.29, 0.717) is 6.20 Å². The van der Waals surface area contributed by atoms with Gasteiger partial charge in [0.2, 0.25) is 0 Å². The topological polar surface area (TPSA) is 25.8 Å². The van der Waals surface area contributed by atoms with Gasteiger partial charge >= 0.3 is 6.18 Å². The molecule has 6 heteroatoms. The second-order valence-corrected chi connectivity index (χ2v) is 2.49. The molecule has 0 bridgehead atoms. The van der Waals surface area contributed by atoms with Crippen LogP contribution in [-0.4, -0.2) is 9.97 Å². The van der Waals surface area contributed by atoms with Gasteiger partial charge in [0, 0.05) is 0 Å². The van der Waals surface area contributed by atoms with E-state index in [9.17, 15) is 13.2 Å². The van der Waals surface area contributed by atoms with Crippen LogP contribution in [0.5, 0.6) is 0 Å². The third kappa shape index (κ3) is 1.85. The molecule has 0 N–H and O–H groups in total. The average Bonchev–Trinajstić information content (AvgIpc) is 1.92. The molecule has 66 valence electrons. The Kier molecular flexibility index (Phi) is 2.23. The highest BCUT2D eigenvalue weighted by molar-refractivity contribution is 6.29. The smallest absolute Gasteiger partial charge is 0.256 e. The van der Waals surface area contributed by atoms with Gasteiger partial charge in [-0.3, -0.25) is 4.98 Å². The lowest BCUT2D eigenvalue weighted by atomic mass is 10.4. The monoisotopic (exact) mass is 196 g/mol. The summed E-state index contributed by atoms with van der Waals surface area (Å²) < 4.78 is 35.8. The normalized spacial score (nSPS) is 11.8. The Bertz CT molecular complexity index is 297. The first-order chi connectivity index (χ1) is 5.41. The van der Waals surface area contributed by atoms with Gasteiger partial charge in [0.05, 0.1) is 11.9 Å². The van der Waals surface area contributed by atoms with E-state index in [0.717, 1.165) is 0 Å². The van der Waals surface area contributed by atoms with Gasteiger partial charge in [0.15, 0.2) is 10.8 Å². The summed E-state index contributed by atoms with van der Waals surface area (Å²) in [6.07, 6.45) is -3.83. The molecule has 0 aliphatic carbocycles. The number of rotatable bonds is 0. The van der Waals surface area contributed by atoms with Crippen molar-refractivity contribution in [3.8, 4) is 0 Å². The molecule has 0 aliphatic heterocycles. The summed E-state index contributed by atoms with van der Waals surface area (Å²) >= 11 is 5.35. The summed E-state index contributed by atoms with van der Waals surface area (Å²) in [6.45, 7) is 1.48. The molecule has 0 saturated carbocycles. The van der Waals surface area contributed by atoms with Gasteiger partial charge < -0.3 is 0 Å². The maximum Gasteiger partial charge on any atom is 0.434 e. The van der Waals surface area contributed by atoms with Crippen LogP contribution in [0.1, 0.15) is 11.4 Å². The van der Waals surface area contributed by atoms with Crippen molar-refractivity contribution in [1.29, 1.82) is 0 Å². The van der Waals surface area contributed by atoms with Gasteiger partial charge in [-0.25, -0.2) is 4.98 Å². The number of halogens is 4. The van der Waals surface area contributed by atoms with Crippen LogP contribution in [0.2, 0.25) is 5.15 Å². The molecule has 0 aromatic carbocycles. The maximum absolute atomic E-state index is 11.9. The van der Waals surface area contributed by atoms with Crippen LogP contribution in [0.25, 0.3) is 0 Å². The van der Waals surface area contributed by atoms with Gasteiger partial charge in [-0.2, -0.15) is 13.2 Å². The Labute approximate surface area is 71.4 Å². The predicted molar refractivity (Wildman–Crippen MR) is 36.8 cm³/mol. The van der Waals surface area contributed by atoms with Crippen molar-refractivity contribution < 1.29 is 13.2 Å². The Morgan fingerprint density at radius 3 is 2.42 bits per heavy atom. The highest BCUT2D eigenvalue weighted by atomic mass is 35.5. The summed E-state index contributed by atoms with van der Waals surface area (Å²) in [7, 11) is 0. The van der Waals surface area contributed by atoms with E-state index in [4.69, 9.17) is 11.6 Å². The molecule has 0 fully saturated rings. The molecule has 0 spiro atoms. The minimum absolute atomic E-state index is 0.218. The lowest BCUT2D eigenvalue weighted by Crippen LogP contribution is -2.09. The molecule has 0 aliphatic rings. The molecule has 0 amide bonds. The summed E-state index contributed by atoms with van der Waals surface area (Å²) in [4.78, 5) is 6.55. The zero-order chi connectivity index (χ0) is 9.35. The Balaban J connectivity index is 3.14. The van der Waals surface area contributed by atoms with E-state index >= 15 is 0 Å². The molecular formula is C6H4ClF3N2. The lowest BCUT2D eigenvalue weighted by molar-refractivity contribution is -0.141. The molecule has 1 aromatic rings. The fourth-order valence-electron chi connectivity index (χ4n) is 0.563. The molecule has 12 heavy (non-hydrogen) atoms. The van der Waals surface area contributed by atoms with Crippen molar-refractivity contribution in [1.82, 2.24) is 9.97 Å². The summed E-state index contributed by atoms with van der Waals surface area (Å²) in [5.41, 5.74) is -0.789.